The predicted molar refractivity (Wildman–Crippen MR) is 73.6 cm³/mol. The van der Waals surface area contributed by atoms with Crippen LogP contribution in [0.1, 0.15) is 36.7 Å². The fraction of sp³-hybridized carbons (Fsp3) is 0.462. The van der Waals surface area contributed by atoms with Gasteiger partial charge in [-0.2, -0.15) is 0 Å². The van der Waals surface area contributed by atoms with Crippen LogP contribution in [0.5, 0.6) is 5.75 Å². The summed E-state index contributed by atoms with van der Waals surface area (Å²) in [7, 11) is -1.03. The predicted octanol–water partition coefficient (Wildman–Crippen LogP) is 4.22. The van der Waals surface area contributed by atoms with E-state index in [9.17, 15) is 9.18 Å². The first kappa shape index (κ1) is 15.2. The first-order valence-electron chi connectivity index (χ1n) is 5.64. The summed E-state index contributed by atoms with van der Waals surface area (Å²) in [6.07, 6.45) is 0.492. The van der Waals surface area contributed by atoms with Gasteiger partial charge in [-0.3, -0.25) is 4.79 Å². The zero-order valence-corrected chi connectivity index (χ0v) is 13.0. The molecule has 0 aliphatic rings. The number of hydrogen-bond donors (Lipinski definition) is 0. The van der Waals surface area contributed by atoms with Crippen LogP contribution in [0.15, 0.2) is 6.07 Å². The SMILES string of the molecule is C[Si](C)Oc1cc(C=O)c(F)c(C(C)(C)C)c1Cl. The topological polar surface area (TPSA) is 26.3 Å². The standard InChI is InChI=1S/C13H17ClFO2Si/c1-13(2,3)10-11(14)9(17-18(4)5)6-8(7-16)12(10)15/h6-7H,1-5H3. The van der Waals surface area contributed by atoms with Gasteiger partial charge in [-0.25, -0.2) is 4.39 Å². The molecule has 0 amide bonds. The van der Waals surface area contributed by atoms with E-state index in [4.69, 9.17) is 16.0 Å². The lowest BCUT2D eigenvalue weighted by molar-refractivity contribution is 0.111. The highest BCUT2D eigenvalue weighted by Gasteiger charge is 2.27. The second-order valence-corrected chi connectivity index (χ2v) is 7.74. The summed E-state index contributed by atoms with van der Waals surface area (Å²) in [6, 6.07) is 1.37. The summed E-state index contributed by atoms with van der Waals surface area (Å²) < 4.78 is 19.8. The lowest BCUT2D eigenvalue weighted by atomic mass is 9.85. The molecule has 1 aromatic rings. The highest BCUT2D eigenvalue weighted by molar-refractivity contribution is 6.49. The van der Waals surface area contributed by atoms with Crippen molar-refractivity contribution in [2.75, 3.05) is 0 Å². The van der Waals surface area contributed by atoms with E-state index in [0.29, 0.717) is 17.6 Å². The third-order valence-corrected chi connectivity index (χ3v) is 3.39. The van der Waals surface area contributed by atoms with E-state index in [2.05, 4.69) is 0 Å². The molecular formula is C13H17ClFO2Si. The summed E-state index contributed by atoms with van der Waals surface area (Å²) in [5.74, 6) is -0.167. The van der Waals surface area contributed by atoms with Crippen molar-refractivity contribution in [3.05, 3.63) is 28.0 Å². The van der Waals surface area contributed by atoms with Gasteiger partial charge in [0.2, 0.25) is 0 Å². The van der Waals surface area contributed by atoms with Crippen LogP contribution >= 0.6 is 11.6 Å². The number of carbonyl (C=O) groups is 1. The molecule has 18 heavy (non-hydrogen) atoms. The monoisotopic (exact) mass is 287 g/mol. The van der Waals surface area contributed by atoms with Crippen molar-refractivity contribution < 1.29 is 13.6 Å². The van der Waals surface area contributed by atoms with Crippen LogP contribution in [0.25, 0.3) is 0 Å². The molecule has 0 heterocycles. The molecule has 0 spiro atoms. The summed E-state index contributed by atoms with van der Waals surface area (Å²) >= 11 is 6.21. The van der Waals surface area contributed by atoms with Crippen molar-refractivity contribution in [1.29, 1.82) is 0 Å². The molecule has 0 N–H and O–H groups in total. The number of rotatable bonds is 3. The Morgan fingerprint density at radius 1 is 1.39 bits per heavy atom. The average molecular weight is 288 g/mol. The maximum absolute atomic E-state index is 14.2. The van der Waals surface area contributed by atoms with E-state index < -0.39 is 20.3 Å². The highest BCUT2D eigenvalue weighted by atomic mass is 35.5. The maximum atomic E-state index is 14.2. The van der Waals surface area contributed by atoms with Crippen LogP contribution in [0, 0.1) is 5.82 Å². The van der Waals surface area contributed by atoms with Gasteiger partial charge in [-0.1, -0.05) is 32.4 Å². The van der Waals surface area contributed by atoms with Crippen LogP contribution in [-0.4, -0.2) is 15.3 Å². The van der Waals surface area contributed by atoms with Gasteiger partial charge in [0, 0.05) is 5.56 Å². The van der Waals surface area contributed by atoms with E-state index in [-0.39, 0.29) is 10.6 Å². The lowest BCUT2D eigenvalue weighted by Gasteiger charge is -2.24. The van der Waals surface area contributed by atoms with Gasteiger partial charge < -0.3 is 4.43 Å². The average Bonchev–Trinajstić information content (AvgIpc) is 2.19. The molecular weight excluding hydrogens is 271 g/mol. The Balaban J connectivity index is 3.53. The number of hydrogen-bond acceptors (Lipinski definition) is 2. The molecule has 1 rings (SSSR count). The second kappa shape index (κ2) is 5.41. The third kappa shape index (κ3) is 3.12. The Labute approximate surface area is 114 Å². The van der Waals surface area contributed by atoms with Crippen LogP contribution in [0.3, 0.4) is 0 Å². The fourth-order valence-corrected chi connectivity index (χ4v) is 2.80. The number of benzene rings is 1. The van der Waals surface area contributed by atoms with E-state index >= 15 is 0 Å². The van der Waals surface area contributed by atoms with Crippen molar-refractivity contribution in [2.45, 2.75) is 39.3 Å². The van der Waals surface area contributed by atoms with Crippen molar-refractivity contribution >= 4 is 26.9 Å². The minimum atomic E-state index is -1.03. The number of halogens is 2. The Hall–Kier alpha value is -0.873. The Morgan fingerprint density at radius 3 is 2.33 bits per heavy atom. The second-order valence-electron chi connectivity index (χ2n) is 5.35. The fourth-order valence-electron chi connectivity index (χ4n) is 1.67. The summed E-state index contributed by atoms with van der Waals surface area (Å²) in [5.41, 5.74) is -0.179. The quantitative estimate of drug-likeness (QED) is 0.615. The van der Waals surface area contributed by atoms with Gasteiger partial charge in [0.25, 0.3) is 9.04 Å². The number of aldehydes is 1. The minimum Gasteiger partial charge on any atom is -0.542 e. The highest BCUT2D eigenvalue weighted by Crippen LogP contribution is 2.39. The Bertz CT molecular complexity index is 467. The summed E-state index contributed by atoms with van der Waals surface area (Å²) in [4.78, 5) is 10.9. The molecule has 0 atom stereocenters. The van der Waals surface area contributed by atoms with Crippen molar-refractivity contribution in [2.24, 2.45) is 0 Å². The van der Waals surface area contributed by atoms with Crippen molar-refractivity contribution in [3.8, 4) is 5.75 Å². The smallest absolute Gasteiger partial charge is 0.274 e. The zero-order valence-electron chi connectivity index (χ0n) is 11.2. The van der Waals surface area contributed by atoms with Crippen molar-refractivity contribution in [3.63, 3.8) is 0 Å². The van der Waals surface area contributed by atoms with Gasteiger partial charge in [0.05, 0.1) is 10.6 Å². The molecule has 5 heteroatoms. The molecule has 0 aliphatic heterocycles. The minimum absolute atomic E-state index is 0.0115. The van der Waals surface area contributed by atoms with E-state index in [1.165, 1.54) is 6.07 Å². The van der Waals surface area contributed by atoms with Gasteiger partial charge >= 0.3 is 0 Å². The first-order valence-corrected chi connectivity index (χ1v) is 8.42. The molecule has 0 fully saturated rings. The van der Waals surface area contributed by atoms with E-state index in [1.807, 2.05) is 33.9 Å². The summed E-state index contributed by atoms with van der Waals surface area (Å²) in [5, 5.41) is 0.261. The van der Waals surface area contributed by atoms with Gasteiger partial charge in [0.15, 0.2) is 6.29 Å². The van der Waals surface area contributed by atoms with Crippen LogP contribution in [0.2, 0.25) is 18.1 Å². The summed E-state index contributed by atoms with van der Waals surface area (Å²) in [6.45, 7) is 9.43. The lowest BCUT2D eigenvalue weighted by Crippen LogP contribution is -2.18. The largest absolute Gasteiger partial charge is 0.542 e. The van der Waals surface area contributed by atoms with E-state index in [1.54, 1.807) is 0 Å². The maximum Gasteiger partial charge on any atom is 0.274 e. The molecule has 1 aromatic carbocycles. The van der Waals surface area contributed by atoms with Gasteiger partial charge in [-0.15, -0.1) is 0 Å². The van der Waals surface area contributed by atoms with Crippen LogP contribution in [-0.2, 0) is 5.41 Å². The molecule has 0 bridgehead atoms. The van der Waals surface area contributed by atoms with Crippen molar-refractivity contribution in [1.82, 2.24) is 0 Å². The van der Waals surface area contributed by atoms with Gasteiger partial charge in [0.1, 0.15) is 11.6 Å². The number of carbonyl (C=O) groups excluding carboxylic acids is 1. The zero-order chi connectivity index (χ0) is 14.1. The molecule has 0 saturated carbocycles. The van der Waals surface area contributed by atoms with Crippen LogP contribution < -0.4 is 4.43 Å². The molecule has 1 radical (unpaired) electrons. The molecule has 99 valence electrons. The normalized spacial score (nSPS) is 11.8. The molecule has 0 aromatic heterocycles. The Morgan fingerprint density at radius 2 is 1.94 bits per heavy atom. The molecule has 0 aliphatic carbocycles. The first-order chi connectivity index (χ1) is 8.18. The molecule has 2 nitrogen and oxygen atoms in total. The third-order valence-electron chi connectivity index (χ3n) is 2.39. The molecule has 0 unspecified atom stereocenters. The van der Waals surface area contributed by atoms with Gasteiger partial charge in [-0.05, 0) is 24.6 Å². The van der Waals surface area contributed by atoms with Crippen LogP contribution in [0.4, 0.5) is 4.39 Å². The van der Waals surface area contributed by atoms with E-state index in [0.717, 1.165) is 0 Å². The Kier molecular flexibility index (Phi) is 4.56. The molecule has 0 saturated heterocycles.